The van der Waals surface area contributed by atoms with Gasteiger partial charge in [0, 0.05) is 6.42 Å². The van der Waals surface area contributed by atoms with Gasteiger partial charge in [-0.1, -0.05) is 148 Å². The first kappa shape index (κ1) is 30.7. The Morgan fingerprint density at radius 2 is 0.972 bits per heavy atom. The smallest absolute Gasteiger partial charge is 0.234 e. The average molecular weight is 496 g/mol. The molecule has 0 aliphatic rings. The highest BCUT2D eigenvalue weighted by Crippen LogP contribution is 2.16. The third kappa shape index (κ3) is 13.7. The van der Waals surface area contributed by atoms with Gasteiger partial charge in [0.25, 0.3) is 5.82 Å². The molecule has 1 aromatic heterocycles. The predicted molar refractivity (Wildman–Crippen MR) is 158 cm³/mol. The quantitative estimate of drug-likeness (QED) is 0.101. The molecule has 0 bridgehead atoms. The minimum absolute atomic E-state index is 1.17. The van der Waals surface area contributed by atoms with Crippen LogP contribution in [0.4, 0.5) is 0 Å². The van der Waals surface area contributed by atoms with Crippen molar-refractivity contribution in [2.24, 2.45) is 0 Å². The predicted octanol–water partition coefficient (Wildman–Crippen LogP) is 10.5. The van der Waals surface area contributed by atoms with Crippen molar-refractivity contribution in [2.45, 2.75) is 162 Å². The number of unbranched alkanes of at least 4 members (excludes halogenated alkanes) is 19. The lowest BCUT2D eigenvalue weighted by Crippen LogP contribution is -2.37. The molecule has 0 N–H and O–H groups in total. The molecule has 0 unspecified atom stereocenters. The summed E-state index contributed by atoms with van der Waals surface area (Å²) in [7, 11) is 0. The molecule has 0 atom stereocenters. The third-order valence-corrected chi connectivity index (χ3v) is 7.80. The van der Waals surface area contributed by atoms with Crippen molar-refractivity contribution in [1.82, 2.24) is 4.57 Å². The number of hydrogen-bond donors (Lipinski definition) is 0. The largest absolute Gasteiger partial charge is 0.261 e. The number of nitrogens with zero attached hydrogens (tertiary/aromatic N) is 2. The number of aryl methyl sites for hydroxylation is 1. The van der Waals surface area contributed by atoms with Gasteiger partial charge in [0.05, 0.1) is 6.54 Å². The molecule has 1 heterocycles. The fourth-order valence-corrected chi connectivity index (χ4v) is 5.47. The third-order valence-electron chi connectivity index (χ3n) is 7.80. The molecular formula is C34H59N2+. The van der Waals surface area contributed by atoms with Gasteiger partial charge in [-0.25, -0.2) is 4.57 Å². The molecule has 0 saturated carbocycles. The van der Waals surface area contributed by atoms with Crippen molar-refractivity contribution < 1.29 is 4.57 Å². The summed E-state index contributed by atoms with van der Waals surface area (Å²) in [6.45, 7) is 5.77. The highest BCUT2D eigenvalue weighted by Gasteiger charge is 2.18. The molecule has 0 fully saturated rings. The van der Waals surface area contributed by atoms with Crippen molar-refractivity contribution in [3.8, 4) is 5.69 Å². The first-order valence-electron chi connectivity index (χ1n) is 16.0. The SMILES string of the molecule is CCCCCCCCCCCCCCCCCc1n(-c2ccccc2)cc[n+]1CCCCCCCC. The van der Waals surface area contributed by atoms with Gasteiger partial charge >= 0.3 is 0 Å². The Hall–Kier alpha value is -1.57. The summed E-state index contributed by atoms with van der Waals surface area (Å²) in [4.78, 5) is 0. The Morgan fingerprint density at radius 1 is 0.528 bits per heavy atom. The van der Waals surface area contributed by atoms with Gasteiger partial charge in [-0.05, 0) is 31.4 Å². The van der Waals surface area contributed by atoms with Crippen LogP contribution in [0.5, 0.6) is 0 Å². The van der Waals surface area contributed by atoms with Crippen LogP contribution < -0.4 is 4.57 Å². The van der Waals surface area contributed by atoms with Gasteiger partial charge in [0.1, 0.15) is 18.1 Å². The van der Waals surface area contributed by atoms with E-state index >= 15 is 0 Å². The van der Waals surface area contributed by atoms with Crippen LogP contribution in [0.2, 0.25) is 0 Å². The Balaban J connectivity index is 1.61. The lowest BCUT2D eigenvalue weighted by atomic mass is 10.0. The van der Waals surface area contributed by atoms with Crippen LogP contribution in [0, 0.1) is 0 Å². The van der Waals surface area contributed by atoms with Gasteiger partial charge in [-0.2, -0.15) is 4.57 Å². The number of hydrogen-bond acceptors (Lipinski definition) is 0. The molecule has 2 heteroatoms. The lowest BCUT2D eigenvalue weighted by molar-refractivity contribution is -0.704. The zero-order valence-electron chi connectivity index (χ0n) is 24.2. The summed E-state index contributed by atoms with van der Waals surface area (Å²) < 4.78 is 4.97. The molecule has 0 radical (unpaired) electrons. The van der Waals surface area contributed by atoms with E-state index in [1.807, 2.05) is 0 Å². The van der Waals surface area contributed by atoms with Gasteiger partial charge in [-0.3, -0.25) is 0 Å². The van der Waals surface area contributed by atoms with E-state index in [1.54, 1.807) is 0 Å². The van der Waals surface area contributed by atoms with E-state index < -0.39 is 0 Å². The fourth-order valence-electron chi connectivity index (χ4n) is 5.47. The topological polar surface area (TPSA) is 8.81 Å². The first-order valence-corrected chi connectivity index (χ1v) is 16.0. The molecule has 0 aliphatic heterocycles. The van der Waals surface area contributed by atoms with E-state index in [0.29, 0.717) is 0 Å². The van der Waals surface area contributed by atoms with Crippen LogP contribution in [0.15, 0.2) is 42.7 Å². The zero-order chi connectivity index (χ0) is 25.5. The van der Waals surface area contributed by atoms with Crippen molar-refractivity contribution in [3.05, 3.63) is 48.5 Å². The van der Waals surface area contributed by atoms with Crippen LogP contribution in [-0.2, 0) is 13.0 Å². The minimum Gasteiger partial charge on any atom is -0.234 e. The average Bonchev–Trinajstić information content (AvgIpc) is 3.31. The standard InChI is InChI=1S/C34H59N2/c1-3-5-7-9-11-12-13-14-15-16-17-18-19-20-25-29-34-35(30-26-21-10-8-6-4-2)31-32-36(34)33-27-23-22-24-28-33/h22-24,27-28,31-32H,3-21,25-26,29-30H2,1-2H3/q+1. The number of rotatable bonds is 24. The van der Waals surface area contributed by atoms with Gasteiger partial charge in [0.2, 0.25) is 0 Å². The summed E-state index contributed by atoms with van der Waals surface area (Å²) in [5, 5.41) is 0. The van der Waals surface area contributed by atoms with E-state index in [2.05, 4.69) is 65.7 Å². The summed E-state index contributed by atoms with van der Waals surface area (Å²) in [6, 6.07) is 10.9. The molecule has 2 nitrogen and oxygen atoms in total. The van der Waals surface area contributed by atoms with E-state index in [9.17, 15) is 0 Å². The highest BCUT2D eigenvalue weighted by molar-refractivity contribution is 5.31. The maximum absolute atomic E-state index is 2.54. The maximum atomic E-state index is 2.54. The van der Waals surface area contributed by atoms with Crippen LogP contribution in [-0.4, -0.2) is 4.57 Å². The van der Waals surface area contributed by atoms with Crippen molar-refractivity contribution >= 4 is 0 Å². The van der Waals surface area contributed by atoms with Crippen LogP contribution in [0.25, 0.3) is 5.69 Å². The van der Waals surface area contributed by atoms with Gasteiger partial charge < -0.3 is 0 Å². The molecular weight excluding hydrogens is 436 g/mol. The van der Waals surface area contributed by atoms with Crippen molar-refractivity contribution in [3.63, 3.8) is 0 Å². The van der Waals surface area contributed by atoms with Crippen LogP contribution in [0.3, 0.4) is 0 Å². The van der Waals surface area contributed by atoms with Crippen molar-refractivity contribution in [2.75, 3.05) is 0 Å². The molecule has 1 aromatic carbocycles. The molecule has 2 rings (SSSR count). The van der Waals surface area contributed by atoms with Gasteiger partial charge in [-0.15, -0.1) is 0 Å². The Bertz CT molecular complexity index is 733. The van der Waals surface area contributed by atoms with E-state index in [-0.39, 0.29) is 0 Å². The molecule has 2 aromatic rings. The number of para-hydroxylation sites is 1. The summed E-state index contributed by atoms with van der Waals surface area (Å²) >= 11 is 0. The van der Waals surface area contributed by atoms with Gasteiger partial charge in [0.15, 0.2) is 0 Å². The Labute approximate surface area is 224 Å². The second-order valence-corrected chi connectivity index (χ2v) is 11.1. The fraction of sp³-hybridized carbons (Fsp3) is 0.735. The van der Waals surface area contributed by atoms with Crippen LogP contribution in [0.1, 0.15) is 155 Å². The summed E-state index contributed by atoms with van der Waals surface area (Å²) in [5.41, 5.74) is 1.30. The summed E-state index contributed by atoms with van der Waals surface area (Å²) in [5.74, 6) is 1.49. The normalized spacial score (nSPS) is 11.4. The maximum Gasteiger partial charge on any atom is 0.261 e. The number of aromatic nitrogens is 2. The number of benzene rings is 1. The first-order chi connectivity index (χ1) is 17.9. The van der Waals surface area contributed by atoms with Crippen LogP contribution >= 0.6 is 0 Å². The second-order valence-electron chi connectivity index (χ2n) is 11.1. The van der Waals surface area contributed by atoms with E-state index in [4.69, 9.17) is 0 Å². The molecule has 36 heavy (non-hydrogen) atoms. The van der Waals surface area contributed by atoms with Crippen molar-refractivity contribution in [1.29, 1.82) is 0 Å². The summed E-state index contributed by atoms with van der Waals surface area (Å²) in [6.07, 6.45) is 35.4. The molecule has 0 spiro atoms. The molecule has 204 valence electrons. The number of imidazole rings is 1. The Kier molecular flexibility index (Phi) is 18.3. The molecule has 0 amide bonds. The minimum atomic E-state index is 1.17. The zero-order valence-corrected chi connectivity index (χ0v) is 24.2. The lowest BCUT2D eigenvalue weighted by Gasteiger charge is -2.06. The molecule has 0 aliphatic carbocycles. The van der Waals surface area contributed by atoms with E-state index in [0.717, 1.165) is 0 Å². The highest BCUT2D eigenvalue weighted by atomic mass is 15.1. The second kappa shape index (κ2) is 21.5. The molecule has 0 saturated heterocycles. The van der Waals surface area contributed by atoms with E-state index in [1.165, 1.54) is 159 Å². The monoisotopic (exact) mass is 495 g/mol. The Morgan fingerprint density at radius 3 is 1.47 bits per heavy atom.